The van der Waals surface area contributed by atoms with Crippen molar-refractivity contribution >= 4 is 35.3 Å². The van der Waals surface area contributed by atoms with E-state index in [-0.39, 0.29) is 35.6 Å². The van der Waals surface area contributed by atoms with Gasteiger partial charge in [-0.1, -0.05) is 170 Å². The van der Waals surface area contributed by atoms with Gasteiger partial charge in [-0.2, -0.15) is 0 Å². The third-order valence-corrected chi connectivity index (χ3v) is 13.7. The van der Waals surface area contributed by atoms with E-state index >= 15 is 0 Å². The first kappa shape index (κ1) is 51.5. The number of rotatable bonds is 10. The normalized spacial score (nSPS) is 14.1. The summed E-state index contributed by atoms with van der Waals surface area (Å²) in [5.41, 5.74) is 17.5. The summed E-state index contributed by atoms with van der Waals surface area (Å²) in [6.45, 7) is 35.9. The molecule has 7 nitrogen and oxygen atoms in total. The molecular formula is C59H75NO6P-. The minimum Gasteiger partial charge on any atom is -0.736 e. The van der Waals surface area contributed by atoms with Crippen molar-refractivity contribution in [3.8, 4) is 44.9 Å². The Labute approximate surface area is 401 Å². The van der Waals surface area contributed by atoms with Crippen LogP contribution >= 0.6 is 7.82 Å². The lowest BCUT2D eigenvalue weighted by Crippen LogP contribution is -2.40. The van der Waals surface area contributed by atoms with Gasteiger partial charge < -0.3 is 24.4 Å². The molecule has 0 fully saturated rings. The smallest absolute Gasteiger partial charge is 0.372 e. The summed E-state index contributed by atoms with van der Waals surface area (Å²) in [5, 5.41) is 3.84. The van der Waals surface area contributed by atoms with Gasteiger partial charge in [-0.25, -0.2) is 4.57 Å². The van der Waals surface area contributed by atoms with E-state index in [2.05, 4.69) is 156 Å². The van der Waals surface area contributed by atoms with Crippen LogP contribution in [0.1, 0.15) is 187 Å². The van der Waals surface area contributed by atoms with Crippen LogP contribution in [-0.4, -0.2) is 17.6 Å². The van der Waals surface area contributed by atoms with Crippen LogP contribution in [0.5, 0.6) is 11.5 Å². The molecule has 8 heteroatoms. The molecule has 1 aliphatic heterocycles. The van der Waals surface area contributed by atoms with Gasteiger partial charge in [0.1, 0.15) is 23.1 Å². The first-order valence-electron chi connectivity index (χ1n) is 24.4. The van der Waals surface area contributed by atoms with Gasteiger partial charge in [0.25, 0.3) is 0 Å². The molecule has 1 heterocycles. The predicted molar refractivity (Wildman–Crippen MR) is 280 cm³/mol. The zero-order chi connectivity index (χ0) is 49.6. The number of fused-ring (bicyclic) bond motifs is 7. The van der Waals surface area contributed by atoms with Gasteiger partial charge in [0.05, 0.1) is 0 Å². The van der Waals surface area contributed by atoms with Gasteiger partial charge in [-0.15, -0.1) is 0 Å². The van der Waals surface area contributed by atoms with Gasteiger partial charge in [0.2, 0.25) is 0 Å². The zero-order valence-corrected chi connectivity index (χ0v) is 44.1. The van der Waals surface area contributed by atoms with Gasteiger partial charge >= 0.3 is 13.8 Å². The number of ether oxygens (including phenoxy) is 1. The Morgan fingerprint density at radius 2 is 0.866 bits per heavy atom. The molecule has 0 spiro atoms. The molecular weight excluding hydrogens is 850 g/mol. The van der Waals surface area contributed by atoms with Crippen LogP contribution in [0.15, 0.2) is 84.9 Å². The molecule has 0 amide bonds. The molecule has 0 saturated carbocycles. The van der Waals surface area contributed by atoms with Crippen molar-refractivity contribution in [2.24, 2.45) is 11.7 Å². The molecule has 0 aromatic heterocycles. The zero-order valence-electron chi connectivity index (χ0n) is 43.2. The van der Waals surface area contributed by atoms with Gasteiger partial charge in [0.15, 0.2) is 0 Å². The molecule has 1 atom stereocenters. The van der Waals surface area contributed by atoms with Crippen molar-refractivity contribution in [2.45, 2.75) is 165 Å². The molecule has 0 bridgehead atoms. The fourth-order valence-electron chi connectivity index (χ4n) is 9.13. The third-order valence-electron chi connectivity index (χ3n) is 12.9. The summed E-state index contributed by atoms with van der Waals surface area (Å²) in [4.78, 5) is 25.8. The lowest BCUT2D eigenvalue weighted by molar-refractivity contribution is -0.208. The summed E-state index contributed by atoms with van der Waals surface area (Å²) in [7, 11) is -5.00. The molecule has 2 N–H and O–H groups in total. The number of benzene rings is 6. The highest BCUT2D eigenvalue weighted by Gasteiger charge is 2.35. The number of phosphoric acid groups is 1. The number of hydrogen-bond donors (Lipinski definition) is 1. The topological polar surface area (TPSA) is 111 Å². The molecule has 6 aromatic rings. The van der Waals surface area contributed by atoms with E-state index in [1.165, 1.54) is 33.4 Å². The SMILES string of the molecule is CC(C)[C@@H](N)C(=O)OC(C)(C)C.CC(C)c1cc(C(C)C)c(-c2cc3ccccc3c3c2OP(=O)([O-])Oc2c(-c4c(C(C)C)cc(C(C)C)cc4C(C)C)cc4ccccc4c2-3)c(C(C)C)c1. The van der Waals surface area contributed by atoms with Crippen molar-refractivity contribution in [1.29, 1.82) is 0 Å². The lowest BCUT2D eigenvalue weighted by Gasteiger charge is -2.28. The monoisotopic (exact) mass is 925 g/mol. The molecule has 0 unspecified atom stereocenters. The summed E-state index contributed by atoms with van der Waals surface area (Å²) in [6.07, 6.45) is 0. The second-order valence-electron chi connectivity index (χ2n) is 21.7. The molecule has 7 rings (SSSR count). The second-order valence-corrected chi connectivity index (χ2v) is 23.0. The highest BCUT2D eigenvalue weighted by atomic mass is 31.2. The fraction of sp³-hybridized carbons (Fsp3) is 0.441. The Kier molecular flexibility index (Phi) is 15.3. The standard InChI is InChI=1S/C50H57O4P.C9H19NO2/c1-27(2)35-23-39(29(5)6)45(40(24-35)30(7)8)43-21-33-17-13-15-19-37(33)47-48-38-20-16-14-18-34(38)22-44(50(48)54-55(51,52)53-49(43)47)46-41(31(9)10)25-36(28(3)4)26-42(46)32(11)12;1-6(2)7(10)8(11)12-9(3,4)5/h13-32H,1-12H3,(H,51,52);6-7H,10H2,1-5H3/p-1/t;7-/m.1/s1. The van der Waals surface area contributed by atoms with Crippen LogP contribution in [0.25, 0.3) is 54.9 Å². The second kappa shape index (κ2) is 20.0. The summed E-state index contributed by atoms with van der Waals surface area (Å²) < 4.78 is 32.5. The van der Waals surface area contributed by atoms with Crippen LogP contribution < -0.4 is 19.7 Å². The highest BCUT2D eigenvalue weighted by molar-refractivity contribution is 7.46. The molecule has 67 heavy (non-hydrogen) atoms. The van der Waals surface area contributed by atoms with Gasteiger partial charge in [-0.3, -0.25) is 4.79 Å². The maximum Gasteiger partial charge on any atom is 0.372 e. The number of nitrogens with two attached hydrogens (primary N) is 1. The minimum absolute atomic E-state index is 0.125. The lowest BCUT2D eigenvalue weighted by atomic mass is 9.78. The van der Waals surface area contributed by atoms with E-state index in [9.17, 15) is 14.3 Å². The van der Waals surface area contributed by atoms with Crippen LogP contribution in [-0.2, 0) is 14.1 Å². The Morgan fingerprint density at radius 3 is 1.15 bits per heavy atom. The number of carbonyl (C=O) groups excluding carboxylic acids is 1. The number of hydrogen-bond acceptors (Lipinski definition) is 7. The van der Waals surface area contributed by atoms with Crippen molar-refractivity contribution < 1.29 is 28.0 Å². The molecule has 1 aliphatic rings. The van der Waals surface area contributed by atoms with Crippen molar-refractivity contribution in [1.82, 2.24) is 0 Å². The largest absolute Gasteiger partial charge is 0.736 e. The van der Waals surface area contributed by atoms with Crippen LogP contribution in [0, 0.1) is 5.92 Å². The van der Waals surface area contributed by atoms with Crippen molar-refractivity contribution in [2.75, 3.05) is 0 Å². The Bertz CT molecular complexity index is 2610. The quantitative estimate of drug-likeness (QED) is 0.108. The minimum atomic E-state index is -5.00. The molecule has 6 aromatic carbocycles. The van der Waals surface area contributed by atoms with Gasteiger partial charge in [0, 0.05) is 22.3 Å². The van der Waals surface area contributed by atoms with E-state index in [0.717, 1.165) is 54.9 Å². The molecule has 358 valence electrons. The van der Waals surface area contributed by atoms with Crippen LogP contribution in [0.3, 0.4) is 0 Å². The van der Waals surface area contributed by atoms with Crippen molar-refractivity contribution in [3.05, 3.63) is 118 Å². The summed E-state index contributed by atoms with van der Waals surface area (Å²) >= 11 is 0. The van der Waals surface area contributed by atoms with Crippen LogP contribution in [0.2, 0.25) is 0 Å². The summed E-state index contributed by atoms with van der Waals surface area (Å²) in [6, 6.07) is 29.5. The van der Waals surface area contributed by atoms with E-state index < -0.39 is 19.5 Å². The average Bonchev–Trinajstić information content (AvgIpc) is 3.37. The Hall–Kier alpha value is -4.94. The van der Waals surface area contributed by atoms with E-state index in [4.69, 9.17) is 19.5 Å². The fourth-order valence-corrected chi connectivity index (χ4v) is 10.00. The van der Waals surface area contributed by atoms with Crippen LogP contribution in [0.4, 0.5) is 0 Å². The van der Waals surface area contributed by atoms with E-state index in [1.807, 2.05) is 46.8 Å². The molecule has 0 radical (unpaired) electrons. The maximum atomic E-state index is 14.6. The maximum absolute atomic E-state index is 14.6. The first-order chi connectivity index (χ1) is 31.2. The van der Waals surface area contributed by atoms with E-state index in [0.29, 0.717) is 23.3 Å². The number of phosphoric ester groups is 1. The summed E-state index contributed by atoms with van der Waals surface area (Å²) in [5.74, 6) is 1.81. The average molecular weight is 925 g/mol. The molecule has 0 saturated heterocycles. The number of carbonyl (C=O) groups is 1. The molecule has 0 aliphatic carbocycles. The highest BCUT2D eigenvalue weighted by Crippen LogP contribution is 2.62. The third kappa shape index (κ3) is 10.9. The van der Waals surface area contributed by atoms with Gasteiger partial charge in [-0.05, 0) is 140 Å². The predicted octanol–water partition coefficient (Wildman–Crippen LogP) is 16.3. The van der Waals surface area contributed by atoms with E-state index in [1.54, 1.807) is 0 Å². The van der Waals surface area contributed by atoms with Crippen molar-refractivity contribution in [3.63, 3.8) is 0 Å². The Balaban J connectivity index is 0.000000543. The number of esters is 1. The first-order valence-corrected chi connectivity index (χ1v) is 25.9. The Morgan fingerprint density at radius 1 is 0.537 bits per heavy atom.